The summed E-state index contributed by atoms with van der Waals surface area (Å²) in [5.41, 5.74) is 2.96. The molecule has 0 aliphatic carbocycles. The number of nitrogens with one attached hydrogen (secondary N) is 1. The molecule has 0 bridgehead atoms. The van der Waals surface area contributed by atoms with Gasteiger partial charge in [0.2, 0.25) is 0 Å². The van der Waals surface area contributed by atoms with Crippen molar-refractivity contribution in [3.8, 4) is 0 Å². The molecule has 4 heteroatoms. The summed E-state index contributed by atoms with van der Waals surface area (Å²) in [5.74, 6) is 0. The SMILES string of the molecule is OCCCc1ccc2n[nH]nc2c1. The monoisotopic (exact) mass is 177 g/mol. The Kier molecular flexibility index (Phi) is 2.23. The number of aryl methyl sites for hydroxylation is 1. The summed E-state index contributed by atoms with van der Waals surface area (Å²) >= 11 is 0. The van der Waals surface area contributed by atoms with Gasteiger partial charge in [0.05, 0.1) is 0 Å². The van der Waals surface area contributed by atoms with Crippen LogP contribution in [0.4, 0.5) is 0 Å². The van der Waals surface area contributed by atoms with Crippen LogP contribution in [-0.4, -0.2) is 27.1 Å². The van der Waals surface area contributed by atoms with E-state index in [9.17, 15) is 0 Å². The van der Waals surface area contributed by atoms with Gasteiger partial charge in [0, 0.05) is 6.61 Å². The van der Waals surface area contributed by atoms with Gasteiger partial charge >= 0.3 is 0 Å². The molecule has 68 valence electrons. The minimum absolute atomic E-state index is 0.233. The van der Waals surface area contributed by atoms with Crippen molar-refractivity contribution in [3.05, 3.63) is 23.8 Å². The lowest BCUT2D eigenvalue weighted by atomic mass is 10.1. The summed E-state index contributed by atoms with van der Waals surface area (Å²) in [4.78, 5) is 0. The normalized spacial score (nSPS) is 10.8. The quantitative estimate of drug-likeness (QED) is 0.731. The molecule has 0 aliphatic rings. The topological polar surface area (TPSA) is 61.8 Å². The lowest BCUT2D eigenvalue weighted by Gasteiger charge is -1.97. The molecule has 1 aromatic carbocycles. The maximum atomic E-state index is 8.67. The molecule has 2 rings (SSSR count). The van der Waals surface area contributed by atoms with Gasteiger partial charge in [0.1, 0.15) is 11.0 Å². The van der Waals surface area contributed by atoms with Crippen LogP contribution in [0.15, 0.2) is 18.2 Å². The standard InChI is InChI=1S/C9H11N3O/c13-5-1-2-7-3-4-8-9(6-7)11-12-10-8/h3-4,6,13H,1-2,5H2,(H,10,11,12). The van der Waals surface area contributed by atoms with E-state index in [1.807, 2.05) is 18.2 Å². The second-order valence-corrected chi connectivity index (χ2v) is 2.97. The predicted octanol–water partition coefficient (Wildman–Crippen LogP) is 0.883. The fourth-order valence-corrected chi connectivity index (χ4v) is 1.32. The van der Waals surface area contributed by atoms with Gasteiger partial charge in [0.15, 0.2) is 0 Å². The van der Waals surface area contributed by atoms with Crippen LogP contribution in [0.25, 0.3) is 11.0 Å². The average Bonchev–Trinajstić information content (AvgIpc) is 2.61. The van der Waals surface area contributed by atoms with Gasteiger partial charge in [-0.05, 0) is 30.5 Å². The molecule has 1 aromatic heterocycles. The van der Waals surface area contributed by atoms with Gasteiger partial charge in [-0.1, -0.05) is 6.07 Å². The molecule has 4 nitrogen and oxygen atoms in total. The highest BCUT2D eigenvalue weighted by Crippen LogP contribution is 2.11. The van der Waals surface area contributed by atoms with E-state index in [1.165, 1.54) is 5.56 Å². The molecule has 0 aliphatic heterocycles. The van der Waals surface area contributed by atoms with Crippen molar-refractivity contribution in [2.24, 2.45) is 0 Å². The van der Waals surface area contributed by atoms with Gasteiger partial charge in [-0.3, -0.25) is 0 Å². The van der Waals surface area contributed by atoms with Crippen molar-refractivity contribution in [1.29, 1.82) is 0 Å². The molecule has 0 spiro atoms. The number of hydrogen-bond donors (Lipinski definition) is 2. The zero-order chi connectivity index (χ0) is 9.10. The Morgan fingerprint density at radius 3 is 2.92 bits per heavy atom. The summed E-state index contributed by atoms with van der Waals surface area (Å²) in [7, 11) is 0. The van der Waals surface area contributed by atoms with E-state index in [0.717, 1.165) is 23.9 Å². The fraction of sp³-hybridized carbons (Fsp3) is 0.333. The van der Waals surface area contributed by atoms with Crippen LogP contribution in [0.1, 0.15) is 12.0 Å². The highest BCUT2D eigenvalue weighted by molar-refractivity contribution is 5.74. The molecule has 0 amide bonds. The van der Waals surface area contributed by atoms with E-state index >= 15 is 0 Å². The third kappa shape index (κ3) is 1.67. The van der Waals surface area contributed by atoms with Crippen LogP contribution in [0.5, 0.6) is 0 Å². The van der Waals surface area contributed by atoms with Gasteiger partial charge < -0.3 is 5.11 Å². The van der Waals surface area contributed by atoms with E-state index < -0.39 is 0 Å². The van der Waals surface area contributed by atoms with Crippen LogP contribution in [-0.2, 0) is 6.42 Å². The number of nitrogens with zero attached hydrogens (tertiary/aromatic N) is 2. The molecule has 0 saturated heterocycles. The van der Waals surface area contributed by atoms with Crippen molar-refractivity contribution in [1.82, 2.24) is 15.4 Å². The number of rotatable bonds is 3. The van der Waals surface area contributed by atoms with Crippen molar-refractivity contribution in [2.45, 2.75) is 12.8 Å². The lowest BCUT2D eigenvalue weighted by molar-refractivity contribution is 0.288. The first-order chi connectivity index (χ1) is 6.40. The molecule has 0 saturated carbocycles. The summed E-state index contributed by atoms with van der Waals surface area (Å²) < 4.78 is 0. The van der Waals surface area contributed by atoms with Gasteiger partial charge in [0.25, 0.3) is 0 Å². The Morgan fingerprint density at radius 1 is 1.23 bits per heavy atom. The molecule has 13 heavy (non-hydrogen) atoms. The zero-order valence-electron chi connectivity index (χ0n) is 7.20. The number of aromatic amines is 1. The first kappa shape index (κ1) is 8.19. The molecule has 0 unspecified atom stereocenters. The summed E-state index contributed by atoms with van der Waals surface area (Å²) in [6.45, 7) is 0.233. The minimum Gasteiger partial charge on any atom is -0.396 e. The van der Waals surface area contributed by atoms with Crippen molar-refractivity contribution in [2.75, 3.05) is 6.61 Å². The predicted molar refractivity (Wildman–Crippen MR) is 49.3 cm³/mol. The van der Waals surface area contributed by atoms with Gasteiger partial charge in [-0.2, -0.15) is 15.4 Å². The number of aliphatic hydroxyl groups is 1. The molecule has 2 N–H and O–H groups in total. The summed E-state index contributed by atoms with van der Waals surface area (Å²) in [6, 6.07) is 5.94. The van der Waals surface area contributed by atoms with Crippen molar-refractivity contribution >= 4 is 11.0 Å². The second-order valence-electron chi connectivity index (χ2n) is 2.97. The van der Waals surface area contributed by atoms with Gasteiger partial charge in [-0.25, -0.2) is 0 Å². The van der Waals surface area contributed by atoms with E-state index in [2.05, 4.69) is 15.4 Å². The average molecular weight is 177 g/mol. The van der Waals surface area contributed by atoms with E-state index in [-0.39, 0.29) is 6.61 Å². The summed E-state index contributed by atoms with van der Waals surface area (Å²) in [6.07, 6.45) is 1.68. The third-order valence-corrected chi connectivity index (χ3v) is 2.00. The molecule has 2 aromatic rings. The molecule has 1 heterocycles. The Morgan fingerprint density at radius 2 is 2.08 bits per heavy atom. The zero-order valence-corrected chi connectivity index (χ0v) is 7.20. The number of hydrogen-bond acceptors (Lipinski definition) is 3. The Bertz CT molecular complexity index is 396. The maximum absolute atomic E-state index is 8.67. The largest absolute Gasteiger partial charge is 0.396 e. The fourth-order valence-electron chi connectivity index (χ4n) is 1.32. The first-order valence-electron chi connectivity index (χ1n) is 4.30. The highest BCUT2D eigenvalue weighted by Gasteiger charge is 1.98. The second kappa shape index (κ2) is 3.53. The number of benzene rings is 1. The first-order valence-corrected chi connectivity index (χ1v) is 4.30. The van der Waals surface area contributed by atoms with Crippen LogP contribution < -0.4 is 0 Å². The van der Waals surface area contributed by atoms with Crippen LogP contribution in [0.2, 0.25) is 0 Å². The number of H-pyrrole nitrogens is 1. The minimum atomic E-state index is 0.233. The molecular formula is C9H11N3O. The van der Waals surface area contributed by atoms with Crippen LogP contribution in [0.3, 0.4) is 0 Å². The Labute approximate surface area is 75.6 Å². The van der Waals surface area contributed by atoms with Crippen LogP contribution in [0, 0.1) is 0 Å². The molecular weight excluding hydrogens is 166 g/mol. The third-order valence-electron chi connectivity index (χ3n) is 2.00. The van der Waals surface area contributed by atoms with E-state index in [1.54, 1.807) is 0 Å². The highest BCUT2D eigenvalue weighted by atomic mass is 16.2. The van der Waals surface area contributed by atoms with E-state index in [4.69, 9.17) is 5.11 Å². The Balaban J connectivity index is 2.26. The van der Waals surface area contributed by atoms with Crippen molar-refractivity contribution < 1.29 is 5.11 Å². The van der Waals surface area contributed by atoms with Crippen molar-refractivity contribution in [3.63, 3.8) is 0 Å². The number of aromatic nitrogens is 3. The summed E-state index contributed by atoms with van der Waals surface area (Å²) in [5, 5.41) is 19.2. The smallest absolute Gasteiger partial charge is 0.113 e. The number of aliphatic hydroxyl groups excluding tert-OH is 1. The molecule has 0 fully saturated rings. The molecule has 0 atom stereocenters. The Hall–Kier alpha value is -1.42. The lowest BCUT2D eigenvalue weighted by Crippen LogP contribution is -1.88. The number of fused-ring (bicyclic) bond motifs is 1. The maximum Gasteiger partial charge on any atom is 0.113 e. The van der Waals surface area contributed by atoms with E-state index in [0.29, 0.717) is 0 Å². The molecule has 0 radical (unpaired) electrons. The van der Waals surface area contributed by atoms with Crippen LogP contribution >= 0.6 is 0 Å². The van der Waals surface area contributed by atoms with Gasteiger partial charge in [-0.15, -0.1) is 0 Å².